The van der Waals surface area contributed by atoms with Crippen molar-refractivity contribution in [2.75, 3.05) is 13.2 Å². The maximum Gasteiger partial charge on any atom is 0.333 e. The zero-order valence-corrected chi connectivity index (χ0v) is 20.4. The van der Waals surface area contributed by atoms with Gasteiger partial charge in [0.05, 0.1) is 13.2 Å². The molecule has 4 nitrogen and oxygen atoms in total. The highest BCUT2D eigenvalue weighted by molar-refractivity contribution is 5.87. The van der Waals surface area contributed by atoms with Crippen LogP contribution in [0.3, 0.4) is 0 Å². The monoisotopic (exact) mass is 424 g/mol. The fourth-order valence-electron chi connectivity index (χ4n) is 2.69. The van der Waals surface area contributed by atoms with Crippen LogP contribution in [0.25, 0.3) is 0 Å². The van der Waals surface area contributed by atoms with E-state index >= 15 is 0 Å². The van der Waals surface area contributed by atoms with Gasteiger partial charge in [0, 0.05) is 11.1 Å². The lowest BCUT2D eigenvalue weighted by atomic mass is 10.1. The second-order valence-corrected chi connectivity index (χ2v) is 8.08. The van der Waals surface area contributed by atoms with E-state index in [4.69, 9.17) is 9.47 Å². The quantitative estimate of drug-likeness (QED) is 0.128. The summed E-state index contributed by atoms with van der Waals surface area (Å²) in [7, 11) is 0. The molecule has 0 aromatic rings. The van der Waals surface area contributed by atoms with Crippen LogP contribution < -0.4 is 0 Å². The summed E-state index contributed by atoms with van der Waals surface area (Å²) in [6.45, 7) is 15.9. The summed E-state index contributed by atoms with van der Waals surface area (Å²) in [6.07, 6.45) is 17.3. The second kappa shape index (κ2) is 23.7. The van der Waals surface area contributed by atoms with Crippen LogP contribution in [0.2, 0.25) is 0 Å². The number of carbonyl (C=O) groups excluding carboxylic acids is 2. The van der Waals surface area contributed by atoms with Crippen LogP contribution in [0, 0.1) is 0 Å². The van der Waals surface area contributed by atoms with Crippen molar-refractivity contribution in [2.24, 2.45) is 0 Å². The molecule has 0 radical (unpaired) electrons. The van der Waals surface area contributed by atoms with Gasteiger partial charge in [-0.15, -0.1) is 0 Å². The summed E-state index contributed by atoms with van der Waals surface area (Å²) in [5.74, 6) is -0.526. The molecule has 0 heterocycles. The molecule has 0 bridgehead atoms. The molecule has 30 heavy (non-hydrogen) atoms. The molecule has 0 aliphatic carbocycles. The van der Waals surface area contributed by atoms with Crippen molar-refractivity contribution in [2.45, 2.75) is 118 Å². The third-order valence-corrected chi connectivity index (χ3v) is 4.66. The van der Waals surface area contributed by atoms with E-state index in [1.165, 1.54) is 64.2 Å². The van der Waals surface area contributed by atoms with Crippen LogP contribution >= 0.6 is 0 Å². The van der Waals surface area contributed by atoms with Crippen molar-refractivity contribution >= 4 is 11.9 Å². The minimum Gasteiger partial charge on any atom is -0.462 e. The van der Waals surface area contributed by atoms with E-state index in [2.05, 4.69) is 27.0 Å². The number of rotatable bonds is 18. The predicted molar refractivity (Wildman–Crippen MR) is 128 cm³/mol. The average molecular weight is 425 g/mol. The molecule has 0 aromatic carbocycles. The normalized spacial score (nSPS) is 10.0. The topological polar surface area (TPSA) is 52.6 Å². The van der Waals surface area contributed by atoms with Crippen molar-refractivity contribution < 1.29 is 19.1 Å². The molecular formula is C26H48O4. The van der Waals surface area contributed by atoms with E-state index in [0.717, 1.165) is 25.7 Å². The highest BCUT2D eigenvalue weighted by Crippen LogP contribution is 2.08. The first-order valence-electron chi connectivity index (χ1n) is 12.0. The Morgan fingerprint density at radius 2 is 0.800 bits per heavy atom. The fraction of sp³-hybridized carbons (Fsp3) is 0.769. The van der Waals surface area contributed by atoms with E-state index in [0.29, 0.717) is 24.4 Å². The number of unbranched alkanes of at least 4 members (excludes halogenated alkanes) is 12. The summed E-state index contributed by atoms with van der Waals surface area (Å²) in [5, 5.41) is 0. The Hall–Kier alpha value is -1.58. The smallest absolute Gasteiger partial charge is 0.333 e. The highest BCUT2D eigenvalue weighted by Gasteiger charge is 2.02. The number of ether oxygens (including phenoxy) is 2. The third kappa shape index (κ3) is 24.5. The van der Waals surface area contributed by atoms with E-state index in [9.17, 15) is 9.59 Å². The molecule has 0 amide bonds. The van der Waals surface area contributed by atoms with Crippen LogP contribution in [0.1, 0.15) is 118 Å². The SMILES string of the molecule is C=C(C)C(=O)OCCCCCCCC.C=C(C)C(=O)OCCCCCCCCCC. The van der Waals surface area contributed by atoms with E-state index in [-0.39, 0.29) is 11.9 Å². The number of carbonyl (C=O) groups is 2. The molecule has 0 rings (SSSR count). The lowest BCUT2D eigenvalue weighted by Crippen LogP contribution is -2.05. The number of esters is 2. The van der Waals surface area contributed by atoms with Gasteiger partial charge in [0.15, 0.2) is 0 Å². The lowest BCUT2D eigenvalue weighted by molar-refractivity contribution is -0.139. The minimum atomic E-state index is -0.265. The first-order chi connectivity index (χ1) is 14.4. The molecule has 0 unspecified atom stereocenters. The van der Waals surface area contributed by atoms with Crippen molar-refractivity contribution in [1.82, 2.24) is 0 Å². The Morgan fingerprint density at radius 3 is 1.07 bits per heavy atom. The zero-order chi connectivity index (χ0) is 23.0. The van der Waals surface area contributed by atoms with Gasteiger partial charge in [-0.1, -0.05) is 104 Å². The molecule has 0 saturated carbocycles. The van der Waals surface area contributed by atoms with Crippen LogP contribution in [0.4, 0.5) is 0 Å². The molecule has 0 N–H and O–H groups in total. The van der Waals surface area contributed by atoms with Crippen LogP contribution in [-0.4, -0.2) is 25.2 Å². The summed E-state index contributed by atoms with van der Waals surface area (Å²) in [4.78, 5) is 22.0. The largest absolute Gasteiger partial charge is 0.462 e. The summed E-state index contributed by atoms with van der Waals surface area (Å²) in [6, 6.07) is 0. The molecule has 0 saturated heterocycles. The van der Waals surface area contributed by atoms with E-state index < -0.39 is 0 Å². The molecule has 0 aromatic heterocycles. The Kier molecular flexibility index (Phi) is 24.2. The highest BCUT2D eigenvalue weighted by atomic mass is 16.5. The van der Waals surface area contributed by atoms with Gasteiger partial charge in [-0.25, -0.2) is 9.59 Å². The molecule has 176 valence electrons. The number of hydrogen-bond donors (Lipinski definition) is 0. The van der Waals surface area contributed by atoms with E-state index in [1.807, 2.05) is 0 Å². The lowest BCUT2D eigenvalue weighted by Gasteiger charge is -2.04. The maximum absolute atomic E-state index is 11.0. The molecule has 0 atom stereocenters. The van der Waals surface area contributed by atoms with Crippen molar-refractivity contribution in [3.63, 3.8) is 0 Å². The molecule has 0 aliphatic rings. The van der Waals surface area contributed by atoms with Gasteiger partial charge >= 0.3 is 11.9 Å². The molecular weight excluding hydrogens is 376 g/mol. The van der Waals surface area contributed by atoms with Gasteiger partial charge in [-0.2, -0.15) is 0 Å². The van der Waals surface area contributed by atoms with E-state index in [1.54, 1.807) is 13.8 Å². The molecule has 0 fully saturated rings. The van der Waals surface area contributed by atoms with Gasteiger partial charge in [-0.3, -0.25) is 0 Å². The van der Waals surface area contributed by atoms with Gasteiger partial charge in [0.25, 0.3) is 0 Å². The fourth-order valence-corrected chi connectivity index (χ4v) is 2.69. The Labute approximate surface area is 186 Å². The van der Waals surface area contributed by atoms with Crippen LogP contribution in [0.5, 0.6) is 0 Å². The Morgan fingerprint density at radius 1 is 0.533 bits per heavy atom. The van der Waals surface area contributed by atoms with Crippen molar-refractivity contribution in [3.05, 3.63) is 24.3 Å². The second-order valence-electron chi connectivity index (χ2n) is 8.08. The Bertz CT molecular complexity index is 454. The summed E-state index contributed by atoms with van der Waals surface area (Å²) < 4.78 is 9.98. The van der Waals surface area contributed by atoms with Crippen molar-refractivity contribution in [1.29, 1.82) is 0 Å². The van der Waals surface area contributed by atoms with Crippen LogP contribution in [-0.2, 0) is 19.1 Å². The third-order valence-electron chi connectivity index (χ3n) is 4.66. The predicted octanol–water partition coefficient (Wildman–Crippen LogP) is 7.71. The van der Waals surface area contributed by atoms with Gasteiger partial charge < -0.3 is 9.47 Å². The first kappa shape index (κ1) is 30.6. The molecule has 4 heteroatoms. The van der Waals surface area contributed by atoms with Gasteiger partial charge in [0.1, 0.15) is 0 Å². The number of hydrogen-bond acceptors (Lipinski definition) is 4. The van der Waals surface area contributed by atoms with Crippen LogP contribution in [0.15, 0.2) is 24.3 Å². The summed E-state index contributed by atoms with van der Waals surface area (Å²) >= 11 is 0. The standard InChI is InChI=1S/C14H26O2.C12H22O2/c1-4-5-6-7-8-9-10-11-12-16-14(15)13(2)3;1-4-5-6-7-8-9-10-14-12(13)11(2)3/h2,4-12H2,1,3H3;2,4-10H2,1,3H3. The molecule has 0 spiro atoms. The Balaban J connectivity index is 0. The first-order valence-corrected chi connectivity index (χ1v) is 12.0. The summed E-state index contributed by atoms with van der Waals surface area (Å²) in [5.41, 5.74) is 0.968. The minimum absolute atomic E-state index is 0.261. The maximum atomic E-state index is 11.0. The van der Waals surface area contributed by atoms with Gasteiger partial charge in [-0.05, 0) is 26.7 Å². The zero-order valence-electron chi connectivity index (χ0n) is 20.4. The van der Waals surface area contributed by atoms with Gasteiger partial charge in [0.2, 0.25) is 0 Å². The molecule has 0 aliphatic heterocycles. The van der Waals surface area contributed by atoms with Crippen molar-refractivity contribution in [3.8, 4) is 0 Å². The average Bonchev–Trinajstić information content (AvgIpc) is 2.71.